The molecule has 1 aromatic heterocycles. The molecule has 0 fully saturated rings. The summed E-state index contributed by atoms with van der Waals surface area (Å²) < 4.78 is 5.08. The van der Waals surface area contributed by atoms with Crippen LogP contribution in [0.4, 0.5) is 0 Å². The van der Waals surface area contributed by atoms with Crippen LogP contribution in [0.1, 0.15) is 23.6 Å². The molecule has 1 aliphatic rings. The number of hydrazone groups is 1. The maximum absolute atomic E-state index is 13.5. The Bertz CT molecular complexity index is 1570. The molecule has 1 aliphatic heterocycles. The van der Waals surface area contributed by atoms with Crippen molar-refractivity contribution in [3.63, 3.8) is 0 Å². The Labute approximate surface area is 222 Å². The van der Waals surface area contributed by atoms with Crippen LogP contribution in [0.15, 0.2) is 76.6 Å². The summed E-state index contributed by atoms with van der Waals surface area (Å²) in [5.41, 5.74) is 3.47. The first kappa shape index (κ1) is 24.5. The minimum Gasteiger partial charge on any atom is -0.375 e. The Kier molecular flexibility index (Phi) is 6.86. The van der Waals surface area contributed by atoms with Gasteiger partial charge in [-0.05, 0) is 41.5 Å². The Morgan fingerprint density at radius 3 is 2.53 bits per heavy atom. The van der Waals surface area contributed by atoms with Gasteiger partial charge >= 0.3 is 0 Å². The lowest BCUT2D eigenvalue weighted by Crippen LogP contribution is -2.30. The van der Waals surface area contributed by atoms with E-state index < -0.39 is 6.04 Å². The zero-order valence-electron chi connectivity index (χ0n) is 19.1. The molecule has 6 nitrogen and oxygen atoms in total. The highest BCUT2D eigenvalue weighted by atomic mass is 35.5. The summed E-state index contributed by atoms with van der Waals surface area (Å²) in [7, 11) is 1.44. The molecule has 1 amide bonds. The quantitative estimate of drug-likeness (QED) is 0.315. The van der Waals surface area contributed by atoms with Crippen LogP contribution in [0.2, 0.25) is 15.1 Å². The second-order valence-corrected chi connectivity index (χ2v) is 9.62. The van der Waals surface area contributed by atoms with E-state index in [0.29, 0.717) is 43.8 Å². The molecule has 3 aromatic carbocycles. The van der Waals surface area contributed by atoms with E-state index in [1.165, 1.54) is 12.1 Å². The van der Waals surface area contributed by atoms with E-state index in [-0.39, 0.29) is 18.1 Å². The number of halogens is 3. The van der Waals surface area contributed by atoms with E-state index in [1.807, 2.05) is 36.4 Å². The average Bonchev–Trinajstić information content (AvgIpc) is 3.31. The van der Waals surface area contributed by atoms with Gasteiger partial charge in [0.15, 0.2) is 0 Å². The van der Waals surface area contributed by atoms with Gasteiger partial charge in [0.1, 0.15) is 6.61 Å². The number of pyridine rings is 1. The van der Waals surface area contributed by atoms with E-state index in [2.05, 4.69) is 10.1 Å². The number of nitrogens with zero attached hydrogens (tertiary/aromatic N) is 2. The first-order valence-corrected chi connectivity index (χ1v) is 12.3. The fourth-order valence-corrected chi connectivity index (χ4v) is 4.98. The fraction of sp³-hybridized carbons (Fsp3) is 0.148. The van der Waals surface area contributed by atoms with E-state index in [0.717, 1.165) is 16.5 Å². The monoisotopic (exact) mass is 539 g/mol. The number of nitrogens with one attached hydrogen (secondary N) is 1. The summed E-state index contributed by atoms with van der Waals surface area (Å²) in [6.45, 7) is -0.163. The van der Waals surface area contributed by atoms with Crippen molar-refractivity contribution in [2.75, 3.05) is 13.7 Å². The molecule has 5 rings (SSSR count). The first-order chi connectivity index (χ1) is 17.4. The van der Waals surface area contributed by atoms with Crippen LogP contribution >= 0.6 is 34.8 Å². The largest absolute Gasteiger partial charge is 0.375 e. The highest BCUT2D eigenvalue weighted by Crippen LogP contribution is 2.38. The fourth-order valence-electron chi connectivity index (χ4n) is 4.51. The lowest BCUT2D eigenvalue weighted by atomic mass is 9.91. The third-order valence-electron chi connectivity index (χ3n) is 6.09. The number of hydrogen-bond donors (Lipinski definition) is 1. The van der Waals surface area contributed by atoms with Crippen LogP contribution < -0.4 is 5.56 Å². The van der Waals surface area contributed by atoms with Gasteiger partial charge in [-0.1, -0.05) is 71.2 Å². The molecule has 0 bridgehead atoms. The van der Waals surface area contributed by atoms with Crippen molar-refractivity contribution in [3.05, 3.63) is 103 Å². The second kappa shape index (κ2) is 10.1. The van der Waals surface area contributed by atoms with Gasteiger partial charge in [0.05, 0.1) is 27.4 Å². The first-order valence-electron chi connectivity index (χ1n) is 11.1. The topological polar surface area (TPSA) is 74.8 Å². The molecule has 0 aliphatic carbocycles. The zero-order chi connectivity index (χ0) is 25.4. The summed E-state index contributed by atoms with van der Waals surface area (Å²) in [5, 5.41) is 8.10. The minimum atomic E-state index is -0.490. The Hall–Kier alpha value is -3.16. The molecule has 0 saturated carbocycles. The second-order valence-electron chi connectivity index (χ2n) is 8.37. The summed E-state index contributed by atoms with van der Waals surface area (Å²) >= 11 is 18.7. The van der Waals surface area contributed by atoms with Gasteiger partial charge in [0.25, 0.3) is 11.5 Å². The zero-order valence-corrected chi connectivity index (χ0v) is 21.4. The maximum Gasteiger partial charge on any atom is 0.269 e. The van der Waals surface area contributed by atoms with Crippen LogP contribution in [0, 0.1) is 0 Å². The number of benzene rings is 3. The van der Waals surface area contributed by atoms with Gasteiger partial charge in [-0.3, -0.25) is 9.59 Å². The van der Waals surface area contributed by atoms with Gasteiger partial charge in [0, 0.05) is 35.0 Å². The van der Waals surface area contributed by atoms with Crippen LogP contribution in [-0.4, -0.2) is 35.3 Å². The number of carbonyl (C=O) groups excluding carboxylic acids is 1. The van der Waals surface area contributed by atoms with Crippen molar-refractivity contribution in [2.45, 2.75) is 12.5 Å². The number of aromatic amines is 1. The van der Waals surface area contributed by atoms with E-state index in [1.54, 1.807) is 30.3 Å². The standard InChI is InChI=1S/C27H20Cl3N3O3/c1-36-14-24(34)33-23(16-7-9-19(29)20(30)11-16)13-22(32-33)26-25(15-5-3-2-4-6-15)18-12-17(28)8-10-21(18)31-27(26)35/h2-12,23H,13-14H2,1H3,(H,31,35). The number of methoxy groups -OCH3 is 1. The number of aromatic nitrogens is 1. The number of fused-ring (bicyclic) bond motifs is 1. The molecule has 0 saturated heterocycles. The number of amides is 1. The van der Waals surface area contributed by atoms with Crippen LogP contribution in [0.3, 0.4) is 0 Å². The average molecular weight is 541 g/mol. The molecule has 0 radical (unpaired) electrons. The van der Waals surface area contributed by atoms with Gasteiger partial charge < -0.3 is 9.72 Å². The van der Waals surface area contributed by atoms with Crippen LogP contribution in [-0.2, 0) is 9.53 Å². The van der Waals surface area contributed by atoms with Crippen LogP contribution in [0.25, 0.3) is 22.0 Å². The summed E-state index contributed by atoms with van der Waals surface area (Å²) in [5.74, 6) is -0.343. The summed E-state index contributed by atoms with van der Waals surface area (Å²) in [4.78, 5) is 29.4. The Morgan fingerprint density at radius 2 is 1.81 bits per heavy atom. The minimum absolute atomic E-state index is 0.163. The van der Waals surface area contributed by atoms with Crippen molar-refractivity contribution in [3.8, 4) is 11.1 Å². The normalized spacial score (nSPS) is 15.4. The number of H-pyrrole nitrogens is 1. The van der Waals surface area contributed by atoms with Crippen molar-refractivity contribution in [1.82, 2.24) is 9.99 Å². The smallest absolute Gasteiger partial charge is 0.269 e. The van der Waals surface area contributed by atoms with Crippen molar-refractivity contribution < 1.29 is 9.53 Å². The van der Waals surface area contributed by atoms with Crippen molar-refractivity contribution in [1.29, 1.82) is 0 Å². The molecule has 9 heteroatoms. The number of rotatable bonds is 5. The van der Waals surface area contributed by atoms with E-state index in [4.69, 9.17) is 39.5 Å². The predicted molar refractivity (Wildman–Crippen MR) is 144 cm³/mol. The van der Waals surface area contributed by atoms with Gasteiger partial charge in [-0.25, -0.2) is 5.01 Å². The van der Waals surface area contributed by atoms with Gasteiger partial charge in [-0.2, -0.15) is 5.10 Å². The maximum atomic E-state index is 13.5. The molecule has 1 N–H and O–H groups in total. The van der Waals surface area contributed by atoms with Crippen molar-refractivity contribution in [2.24, 2.45) is 5.10 Å². The summed E-state index contributed by atoms with van der Waals surface area (Å²) in [6, 6.07) is 19.6. The Balaban J connectivity index is 1.73. The summed E-state index contributed by atoms with van der Waals surface area (Å²) in [6.07, 6.45) is 0.294. The van der Waals surface area contributed by atoms with E-state index >= 15 is 0 Å². The predicted octanol–water partition coefficient (Wildman–Crippen LogP) is 6.48. The molecule has 1 atom stereocenters. The Morgan fingerprint density at radius 1 is 1.03 bits per heavy atom. The molecule has 2 heterocycles. The molecule has 4 aromatic rings. The van der Waals surface area contributed by atoms with Crippen LogP contribution in [0.5, 0.6) is 0 Å². The molecule has 36 heavy (non-hydrogen) atoms. The lowest BCUT2D eigenvalue weighted by Gasteiger charge is -2.22. The molecule has 1 unspecified atom stereocenters. The highest BCUT2D eigenvalue weighted by molar-refractivity contribution is 6.42. The molecular weight excluding hydrogens is 521 g/mol. The SMILES string of the molecule is COCC(=O)N1N=C(c2c(-c3ccccc3)c3cc(Cl)ccc3[nH]c2=O)CC1c1ccc(Cl)c(Cl)c1. The molecular formula is C27H20Cl3N3O3. The highest BCUT2D eigenvalue weighted by Gasteiger charge is 2.35. The molecule has 182 valence electrons. The number of hydrogen-bond acceptors (Lipinski definition) is 4. The number of ether oxygens (including phenoxy) is 1. The third kappa shape index (κ3) is 4.53. The van der Waals surface area contributed by atoms with E-state index in [9.17, 15) is 9.59 Å². The molecule has 0 spiro atoms. The lowest BCUT2D eigenvalue weighted by molar-refractivity contribution is -0.137. The third-order valence-corrected chi connectivity index (χ3v) is 7.06. The number of carbonyl (C=O) groups is 1. The van der Waals surface area contributed by atoms with Gasteiger partial charge in [0.2, 0.25) is 0 Å². The van der Waals surface area contributed by atoms with Crippen molar-refractivity contribution >= 4 is 57.3 Å². The van der Waals surface area contributed by atoms with Gasteiger partial charge in [-0.15, -0.1) is 0 Å².